The van der Waals surface area contributed by atoms with Gasteiger partial charge in [0.15, 0.2) is 12.4 Å². The first kappa shape index (κ1) is 18.5. The molecule has 0 fully saturated rings. The Morgan fingerprint density at radius 2 is 1.78 bits per heavy atom. The molecular weight excluding hydrogens is 348 g/mol. The van der Waals surface area contributed by atoms with Gasteiger partial charge in [0.25, 0.3) is 0 Å². The third-order valence-corrected chi connectivity index (χ3v) is 4.21. The molecular formula is C21H20O6. The zero-order valence-electron chi connectivity index (χ0n) is 15.6. The summed E-state index contributed by atoms with van der Waals surface area (Å²) in [6.07, 6.45) is 0. The summed E-state index contributed by atoms with van der Waals surface area (Å²) in [4.78, 5) is 24.6. The van der Waals surface area contributed by atoms with Crippen LogP contribution in [0.3, 0.4) is 0 Å². The summed E-state index contributed by atoms with van der Waals surface area (Å²) >= 11 is 0. The average molecular weight is 368 g/mol. The number of benzene rings is 2. The van der Waals surface area contributed by atoms with Gasteiger partial charge in [-0.2, -0.15) is 0 Å². The molecule has 0 radical (unpaired) electrons. The highest BCUT2D eigenvalue weighted by Crippen LogP contribution is 2.33. The van der Waals surface area contributed by atoms with Crippen LogP contribution < -0.4 is 14.9 Å². The summed E-state index contributed by atoms with van der Waals surface area (Å²) in [5.41, 5.74) is 2.53. The minimum Gasteiger partial charge on any atom is -0.497 e. The minimum atomic E-state index is -0.587. The van der Waals surface area contributed by atoms with Crippen LogP contribution >= 0.6 is 0 Å². The van der Waals surface area contributed by atoms with E-state index >= 15 is 0 Å². The number of aryl methyl sites for hydroxylation is 2. The quantitative estimate of drug-likeness (QED) is 0.640. The maximum atomic E-state index is 13.1. The fourth-order valence-electron chi connectivity index (χ4n) is 2.93. The second-order valence-electron chi connectivity index (χ2n) is 6.14. The zero-order valence-corrected chi connectivity index (χ0v) is 15.6. The number of rotatable bonds is 5. The van der Waals surface area contributed by atoms with Crippen molar-refractivity contribution in [2.24, 2.45) is 0 Å². The lowest BCUT2D eigenvalue weighted by Gasteiger charge is -2.13. The Labute approximate surface area is 156 Å². The Morgan fingerprint density at radius 3 is 2.41 bits per heavy atom. The van der Waals surface area contributed by atoms with Crippen LogP contribution in [0.15, 0.2) is 45.6 Å². The number of ether oxygens (including phenoxy) is 3. The van der Waals surface area contributed by atoms with Gasteiger partial charge in [-0.1, -0.05) is 6.07 Å². The molecule has 0 N–H and O–H groups in total. The van der Waals surface area contributed by atoms with E-state index in [0.717, 1.165) is 11.1 Å². The number of esters is 1. The number of methoxy groups -OCH3 is 2. The molecule has 6 heteroatoms. The van der Waals surface area contributed by atoms with E-state index in [9.17, 15) is 9.59 Å². The third-order valence-electron chi connectivity index (χ3n) is 4.21. The molecule has 3 rings (SSSR count). The van der Waals surface area contributed by atoms with E-state index in [1.54, 1.807) is 37.4 Å². The van der Waals surface area contributed by atoms with E-state index in [-0.39, 0.29) is 23.5 Å². The highest BCUT2D eigenvalue weighted by Gasteiger charge is 2.20. The fraction of sp³-hybridized carbons (Fsp3) is 0.238. The number of carbonyl (C=O) groups excluding carboxylic acids is 1. The molecule has 0 saturated heterocycles. The highest BCUT2D eigenvalue weighted by molar-refractivity contribution is 5.85. The van der Waals surface area contributed by atoms with Crippen molar-refractivity contribution in [2.45, 2.75) is 13.8 Å². The van der Waals surface area contributed by atoms with Gasteiger partial charge in [-0.3, -0.25) is 4.79 Å². The first-order chi connectivity index (χ1) is 12.9. The van der Waals surface area contributed by atoms with Crippen molar-refractivity contribution in [1.29, 1.82) is 0 Å². The predicted octanol–water partition coefficient (Wildman–Crippen LogP) is 3.64. The molecule has 0 bridgehead atoms. The van der Waals surface area contributed by atoms with Crippen molar-refractivity contribution < 1.29 is 23.4 Å². The molecule has 0 aliphatic rings. The van der Waals surface area contributed by atoms with Crippen LogP contribution in [0, 0.1) is 13.8 Å². The lowest BCUT2D eigenvalue weighted by molar-refractivity contribution is -0.142. The van der Waals surface area contributed by atoms with Crippen molar-refractivity contribution in [3.63, 3.8) is 0 Å². The summed E-state index contributed by atoms with van der Waals surface area (Å²) in [7, 11) is 2.83. The molecule has 1 aromatic heterocycles. The second-order valence-corrected chi connectivity index (χ2v) is 6.14. The molecule has 0 aliphatic heterocycles. The van der Waals surface area contributed by atoms with Gasteiger partial charge in [-0.25, -0.2) is 4.79 Å². The number of carbonyl (C=O) groups is 1. The Kier molecular flexibility index (Phi) is 5.16. The minimum absolute atomic E-state index is 0.0231. The van der Waals surface area contributed by atoms with Crippen LogP contribution in [0.2, 0.25) is 0 Å². The largest absolute Gasteiger partial charge is 0.497 e. The maximum Gasteiger partial charge on any atom is 0.343 e. The van der Waals surface area contributed by atoms with Crippen LogP contribution in [0.25, 0.3) is 22.3 Å². The Morgan fingerprint density at radius 1 is 1.07 bits per heavy atom. The Bertz CT molecular complexity index is 1050. The smallest absolute Gasteiger partial charge is 0.343 e. The average Bonchev–Trinajstić information content (AvgIpc) is 2.66. The first-order valence-corrected chi connectivity index (χ1v) is 8.36. The number of fused-ring (bicyclic) bond motifs is 1. The summed E-state index contributed by atoms with van der Waals surface area (Å²) in [5.74, 6) is 0.315. The van der Waals surface area contributed by atoms with Crippen molar-refractivity contribution in [3.05, 3.63) is 57.7 Å². The molecule has 0 unspecified atom stereocenters. The van der Waals surface area contributed by atoms with E-state index in [0.29, 0.717) is 22.3 Å². The Hall–Kier alpha value is -3.28. The molecule has 0 atom stereocenters. The normalized spacial score (nSPS) is 10.7. The monoisotopic (exact) mass is 368 g/mol. The molecule has 1 heterocycles. The van der Waals surface area contributed by atoms with Crippen molar-refractivity contribution in [1.82, 2.24) is 0 Å². The van der Waals surface area contributed by atoms with E-state index in [1.165, 1.54) is 7.11 Å². The third kappa shape index (κ3) is 3.65. The SMILES string of the molecule is COC(=O)COc1c(-c2ccc(OC)cc2)oc2cc(C)cc(C)c2c1=O. The van der Waals surface area contributed by atoms with E-state index in [2.05, 4.69) is 4.74 Å². The van der Waals surface area contributed by atoms with Crippen LogP contribution in [-0.4, -0.2) is 26.8 Å². The summed E-state index contributed by atoms with van der Waals surface area (Å²) < 4.78 is 21.3. The highest BCUT2D eigenvalue weighted by atomic mass is 16.6. The molecule has 0 aliphatic carbocycles. The van der Waals surface area contributed by atoms with Crippen LogP contribution in [-0.2, 0) is 9.53 Å². The topological polar surface area (TPSA) is 75.0 Å². The van der Waals surface area contributed by atoms with Gasteiger partial charge in [0.2, 0.25) is 11.2 Å². The molecule has 0 amide bonds. The summed E-state index contributed by atoms with van der Waals surface area (Å²) in [6.45, 7) is 3.38. The fourth-order valence-corrected chi connectivity index (χ4v) is 2.93. The van der Waals surface area contributed by atoms with Gasteiger partial charge in [0, 0.05) is 5.56 Å². The first-order valence-electron chi connectivity index (χ1n) is 8.36. The standard InChI is InChI=1S/C21H20O6/c1-12-9-13(2)18-16(10-12)27-20(14-5-7-15(24-3)8-6-14)21(19(18)23)26-11-17(22)25-4/h5-10H,11H2,1-4H3. The lowest BCUT2D eigenvalue weighted by Crippen LogP contribution is -2.18. The van der Waals surface area contributed by atoms with E-state index in [4.69, 9.17) is 13.9 Å². The number of hydrogen-bond acceptors (Lipinski definition) is 6. The number of hydrogen-bond donors (Lipinski definition) is 0. The van der Waals surface area contributed by atoms with Gasteiger partial charge in [0.05, 0.1) is 19.6 Å². The van der Waals surface area contributed by atoms with Crippen molar-refractivity contribution in [2.75, 3.05) is 20.8 Å². The van der Waals surface area contributed by atoms with Gasteiger partial charge in [-0.05, 0) is 55.3 Å². The molecule has 0 saturated carbocycles. The van der Waals surface area contributed by atoms with Crippen LogP contribution in [0.4, 0.5) is 0 Å². The predicted molar refractivity (Wildman–Crippen MR) is 101 cm³/mol. The van der Waals surface area contributed by atoms with E-state index < -0.39 is 5.97 Å². The van der Waals surface area contributed by atoms with Gasteiger partial charge < -0.3 is 18.6 Å². The van der Waals surface area contributed by atoms with Gasteiger partial charge >= 0.3 is 5.97 Å². The summed E-state index contributed by atoms with van der Waals surface area (Å²) in [5, 5.41) is 0.428. The second kappa shape index (κ2) is 7.53. The zero-order chi connectivity index (χ0) is 19.6. The lowest BCUT2D eigenvalue weighted by atomic mass is 10.0. The van der Waals surface area contributed by atoms with Gasteiger partial charge in [-0.15, -0.1) is 0 Å². The molecule has 140 valence electrons. The van der Waals surface area contributed by atoms with Crippen LogP contribution in [0.5, 0.6) is 11.5 Å². The van der Waals surface area contributed by atoms with E-state index in [1.807, 2.05) is 19.9 Å². The molecule has 27 heavy (non-hydrogen) atoms. The maximum absolute atomic E-state index is 13.1. The summed E-state index contributed by atoms with van der Waals surface area (Å²) in [6, 6.07) is 10.7. The Balaban J connectivity index is 2.24. The molecule has 3 aromatic rings. The molecule has 2 aromatic carbocycles. The van der Waals surface area contributed by atoms with Crippen LogP contribution in [0.1, 0.15) is 11.1 Å². The molecule has 0 spiro atoms. The van der Waals surface area contributed by atoms with Crippen molar-refractivity contribution in [3.8, 4) is 22.8 Å². The van der Waals surface area contributed by atoms with Gasteiger partial charge in [0.1, 0.15) is 11.3 Å². The molecule has 6 nitrogen and oxygen atoms in total. The van der Waals surface area contributed by atoms with Crippen molar-refractivity contribution >= 4 is 16.9 Å².